The van der Waals surface area contributed by atoms with E-state index in [4.69, 9.17) is 0 Å². The van der Waals surface area contributed by atoms with Crippen LogP contribution in [0.15, 0.2) is 48.7 Å². The first-order valence-electron chi connectivity index (χ1n) is 6.62. The Balaban J connectivity index is 1.52. The van der Waals surface area contributed by atoms with Crippen LogP contribution in [0, 0.1) is 0 Å². The third kappa shape index (κ3) is 3.17. The molecule has 0 bridgehead atoms. The number of rotatable bonds is 5. The normalized spacial score (nSPS) is 10.5. The molecular weight excluding hydrogens is 284 g/mol. The van der Waals surface area contributed by atoms with Crippen molar-refractivity contribution < 1.29 is 4.79 Å². The molecule has 3 aromatic rings. The fraction of sp³-hybridized carbons (Fsp3) is 0.133. The lowest BCUT2D eigenvalue weighted by molar-refractivity contribution is 0.0950. The van der Waals surface area contributed by atoms with Crippen molar-refractivity contribution in [1.29, 1.82) is 0 Å². The number of amides is 1. The first-order chi connectivity index (χ1) is 10.3. The lowest BCUT2D eigenvalue weighted by atomic mass is 10.2. The minimum Gasteiger partial charge on any atom is -0.367 e. The van der Waals surface area contributed by atoms with Gasteiger partial charge in [-0.2, -0.15) is 4.37 Å². The molecule has 1 aromatic carbocycles. The zero-order chi connectivity index (χ0) is 14.5. The highest BCUT2D eigenvalue weighted by Gasteiger charge is 2.06. The number of fused-ring (bicyclic) bond motifs is 1. The van der Waals surface area contributed by atoms with E-state index >= 15 is 0 Å². The molecule has 0 radical (unpaired) electrons. The molecule has 0 aliphatic heterocycles. The van der Waals surface area contributed by atoms with Gasteiger partial charge in [-0.3, -0.25) is 9.78 Å². The smallest absolute Gasteiger partial charge is 0.269 e. The number of benzene rings is 1. The van der Waals surface area contributed by atoms with Gasteiger partial charge < -0.3 is 10.6 Å². The first kappa shape index (κ1) is 13.5. The second-order valence-corrected chi connectivity index (χ2v) is 5.23. The summed E-state index contributed by atoms with van der Waals surface area (Å²) in [4.78, 5) is 15.8. The van der Waals surface area contributed by atoms with Crippen LogP contribution < -0.4 is 10.6 Å². The predicted octanol–water partition coefficient (Wildman–Crippen LogP) is 2.53. The zero-order valence-electron chi connectivity index (χ0n) is 11.2. The predicted molar refractivity (Wildman–Crippen MR) is 84.7 cm³/mol. The Labute approximate surface area is 126 Å². The van der Waals surface area contributed by atoms with Crippen LogP contribution in [0.25, 0.3) is 10.1 Å². The van der Waals surface area contributed by atoms with E-state index in [2.05, 4.69) is 20.0 Å². The van der Waals surface area contributed by atoms with Crippen LogP contribution in [-0.4, -0.2) is 28.4 Å². The summed E-state index contributed by atoms with van der Waals surface area (Å²) in [5, 5.41) is 7.17. The van der Waals surface area contributed by atoms with E-state index < -0.39 is 0 Å². The average molecular weight is 298 g/mol. The standard InChI is InChI=1S/C15H14N4OS/c20-15(12-6-3-4-8-16-12)18-10-9-17-14-11-5-1-2-7-13(11)21-19-14/h1-8H,9-10H2,(H,17,19)(H,18,20). The average Bonchev–Trinajstić information content (AvgIpc) is 2.95. The van der Waals surface area contributed by atoms with Gasteiger partial charge >= 0.3 is 0 Å². The Morgan fingerprint density at radius 3 is 2.81 bits per heavy atom. The lowest BCUT2D eigenvalue weighted by Crippen LogP contribution is -2.29. The van der Waals surface area contributed by atoms with Gasteiger partial charge in [0.15, 0.2) is 0 Å². The summed E-state index contributed by atoms with van der Waals surface area (Å²) in [5.74, 6) is 0.697. The molecule has 21 heavy (non-hydrogen) atoms. The Kier molecular flexibility index (Phi) is 4.07. The maximum absolute atomic E-state index is 11.8. The summed E-state index contributed by atoms with van der Waals surface area (Å²) in [6.07, 6.45) is 1.61. The highest BCUT2D eigenvalue weighted by Crippen LogP contribution is 2.25. The molecule has 106 valence electrons. The van der Waals surface area contributed by atoms with E-state index in [1.165, 1.54) is 11.5 Å². The summed E-state index contributed by atoms with van der Waals surface area (Å²) < 4.78 is 5.53. The van der Waals surface area contributed by atoms with E-state index in [0.29, 0.717) is 18.8 Å². The van der Waals surface area contributed by atoms with Crippen molar-refractivity contribution in [3.05, 3.63) is 54.4 Å². The summed E-state index contributed by atoms with van der Waals surface area (Å²) in [6, 6.07) is 13.3. The molecule has 0 saturated heterocycles. The summed E-state index contributed by atoms with van der Waals surface area (Å²) in [7, 11) is 0. The molecule has 0 aliphatic rings. The largest absolute Gasteiger partial charge is 0.367 e. The van der Waals surface area contributed by atoms with Gasteiger partial charge in [-0.25, -0.2) is 0 Å². The van der Waals surface area contributed by atoms with Gasteiger partial charge in [0.1, 0.15) is 11.5 Å². The molecule has 3 rings (SSSR count). The number of anilines is 1. The minimum absolute atomic E-state index is 0.166. The number of carbonyl (C=O) groups is 1. The molecular formula is C15H14N4OS. The van der Waals surface area contributed by atoms with Gasteiger partial charge in [-0.15, -0.1) is 0 Å². The lowest BCUT2D eigenvalue weighted by Gasteiger charge is -2.06. The van der Waals surface area contributed by atoms with E-state index in [0.717, 1.165) is 15.9 Å². The third-order valence-corrected chi connectivity index (χ3v) is 3.80. The highest BCUT2D eigenvalue weighted by molar-refractivity contribution is 7.13. The van der Waals surface area contributed by atoms with Crippen LogP contribution in [0.4, 0.5) is 5.82 Å². The van der Waals surface area contributed by atoms with E-state index in [9.17, 15) is 4.79 Å². The molecule has 1 amide bonds. The maximum Gasteiger partial charge on any atom is 0.269 e. The van der Waals surface area contributed by atoms with E-state index in [1.54, 1.807) is 24.4 Å². The molecule has 2 aromatic heterocycles. The molecule has 0 fully saturated rings. The van der Waals surface area contributed by atoms with Crippen LogP contribution in [0.2, 0.25) is 0 Å². The Morgan fingerprint density at radius 2 is 1.95 bits per heavy atom. The van der Waals surface area contributed by atoms with Crippen LogP contribution in [0.3, 0.4) is 0 Å². The first-order valence-corrected chi connectivity index (χ1v) is 7.39. The number of hydrogen-bond donors (Lipinski definition) is 2. The second kappa shape index (κ2) is 6.32. The highest BCUT2D eigenvalue weighted by atomic mass is 32.1. The van der Waals surface area contributed by atoms with Gasteiger partial charge in [-0.1, -0.05) is 18.2 Å². The number of carbonyl (C=O) groups excluding carboxylic acids is 1. The van der Waals surface area contributed by atoms with Crippen LogP contribution in [0.5, 0.6) is 0 Å². The van der Waals surface area contributed by atoms with Crippen molar-refractivity contribution in [2.75, 3.05) is 18.4 Å². The SMILES string of the molecule is O=C(NCCNc1nsc2ccccc12)c1ccccn1. The summed E-state index contributed by atoms with van der Waals surface area (Å²) >= 11 is 1.47. The number of hydrogen-bond acceptors (Lipinski definition) is 5. The van der Waals surface area contributed by atoms with Crippen LogP contribution in [0.1, 0.15) is 10.5 Å². The molecule has 0 spiro atoms. The van der Waals surface area contributed by atoms with Gasteiger partial charge in [0.25, 0.3) is 5.91 Å². The molecule has 2 heterocycles. The van der Waals surface area contributed by atoms with Crippen molar-refractivity contribution in [2.24, 2.45) is 0 Å². The van der Waals surface area contributed by atoms with Crippen molar-refractivity contribution in [3.8, 4) is 0 Å². The Bertz CT molecular complexity index is 742. The van der Waals surface area contributed by atoms with Crippen LogP contribution in [-0.2, 0) is 0 Å². The van der Waals surface area contributed by atoms with Crippen molar-refractivity contribution >= 4 is 33.3 Å². The number of aromatic nitrogens is 2. The minimum atomic E-state index is -0.166. The summed E-state index contributed by atoms with van der Waals surface area (Å²) in [6.45, 7) is 1.13. The van der Waals surface area contributed by atoms with Crippen LogP contribution >= 0.6 is 11.5 Å². The van der Waals surface area contributed by atoms with E-state index in [-0.39, 0.29) is 5.91 Å². The molecule has 0 atom stereocenters. The monoisotopic (exact) mass is 298 g/mol. The maximum atomic E-state index is 11.8. The van der Waals surface area contributed by atoms with Gasteiger partial charge in [0.05, 0.1) is 4.70 Å². The Morgan fingerprint density at radius 1 is 1.10 bits per heavy atom. The Hall–Kier alpha value is -2.47. The van der Waals surface area contributed by atoms with Crippen molar-refractivity contribution in [1.82, 2.24) is 14.7 Å². The van der Waals surface area contributed by atoms with Gasteiger partial charge in [0.2, 0.25) is 0 Å². The molecule has 0 saturated carbocycles. The molecule has 2 N–H and O–H groups in total. The molecule has 0 unspecified atom stereocenters. The number of nitrogens with zero attached hydrogens (tertiary/aromatic N) is 2. The fourth-order valence-electron chi connectivity index (χ4n) is 1.96. The number of pyridine rings is 1. The van der Waals surface area contributed by atoms with Crippen molar-refractivity contribution in [3.63, 3.8) is 0 Å². The molecule has 0 aliphatic carbocycles. The molecule has 6 heteroatoms. The quantitative estimate of drug-likeness (QED) is 0.710. The molecule has 5 nitrogen and oxygen atoms in total. The van der Waals surface area contributed by atoms with Crippen molar-refractivity contribution in [2.45, 2.75) is 0 Å². The van der Waals surface area contributed by atoms with Gasteiger partial charge in [0, 0.05) is 24.7 Å². The second-order valence-electron chi connectivity index (χ2n) is 4.42. The number of nitrogens with one attached hydrogen (secondary N) is 2. The summed E-state index contributed by atoms with van der Waals surface area (Å²) in [5.41, 5.74) is 0.427. The topological polar surface area (TPSA) is 66.9 Å². The van der Waals surface area contributed by atoms with E-state index in [1.807, 2.05) is 24.3 Å². The zero-order valence-corrected chi connectivity index (χ0v) is 12.1. The van der Waals surface area contributed by atoms with Gasteiger partial charge in [-0.05, 0) is 35.8 Å². The fourth-order valence-corrected chi connectivity index (χ4v) is 2.71. The third-order valence-electron chi connectivity index (χ3n) is 2.98.